The Labute approximate surface area is 161 Å². The SMILES string of the molecule is Cc1cnn(C(C)C(=O)N2CCc3cc(=O)n(-c4ccc(F)cc4)cc3C2)c1. The Hall–Kier alpha value is -3.22. The van der Waals surface area contributed by atoms with Gasteiger partial charge in [0.05, 0.1) is 6.20 Å². The molecule has 1 amide bonds. The maximum Gasteiger partial charge on any atom is 0.255 e. The van der Waals surface area contributed by atoms with Crippen molar-refractivity contribution in [2.45, 2.75) is 32.9 Å². The van der Waals surface area contributed by atoms with Gasteiger partial charge in [-0.05, 0) is 61.2 Å². The van der Waals surface area contributed by atoms with Crippen molar-refractivity contribution in [2.75, 3.05) is 6.54 Å². The molecule has 0 bridgehead atoms. The normalized spacial score (nSPS) is 14.6. The number of rotatable bonds is 3. The molecule has 4 rings (SSSR count). The Morgan fingerprint density at radius 2 is 1.93 bits per heavy atom. The fourth-order valence-electron chi connectivity index (χ4n) is 3.54. The highest BCUT2D eigenvalue weighted by atomic mass is 19.1. The first kappa shape index (κ1) is 18.2. The van der Waals surface area contributed by atoms with Crippen molar-refractivity contribution in [1.29, 1.82) is 0 Å². The maximum atomic E-state index is 13.2. The lowest BCUT2D eigenvalue weighted by Crippen LogP contribution is -2.40. The van der Waals surface area contributed by atoms with Gasteiger partial charge in [-0.1, -0.05) is 0 Å². The second-order valence-corrected chi connectivity index (χ2v) is 7.19. The molecular formula is C21H21FN4O2. The average Bonchev–Trinajstić information content (AvgIpc) is 3.13. The predicted molar refractivity (Wildman–Crippen MR) is 103 cm³/mol. The van der Waals surface area contributed by atoms with Crippen LogP contribution in [0.1, 0.15) is 29.7 Å². The molecule has 28 heavy (non-hydrogen) atoms. The van der Waals surface area contributed by atoms with E-state index in [1.165, 1.54) is 16.7 Å². The van der Waals surface area contributed by atoms with Gasteiger partial charge < -0.3 is 4.90 Å². The predicted octanol–water partition coefficient (Wildman–Crippen LogP) is 2.63. The Bertz CT molecular complexity index is 1080. The Morgan fingerprint density at radius 1 is 1.18 bits per heavy atom. The molecule has 1 unspecified atom stereocenters. The lowest BCUT2D eigenvalue weighted by molar-refractivity contribution is -0.135. The molecule has 0 fully saturated rings. The molecule has 2 aromatic heterocycles. The average molecular weight is 380 g/mol. The number of halogens is 1. The summed E-state index contributed by atoms with van der Waals surface area (Å²) < 4.78 is 16.4. The van der Waals surface area contributed by atoms with Crippen molar-refractivity contribution in [2.24, 2.45) is 0 Å². The first-order valence-corrected chi connectivity index (χ1v) is 9.22. The van der Waals surface area contributed by atoms with Crippen LogP contribution in [-0.4, -0.2) is 31.7 Å². The summed E-state index contributed by atoms with van der Waals surface area (Å²) in [6, 6.07) is 7.00. The van der Waals surface area contributed by atoms with E-state index in [4.69, 9.17) is 0 Å². The van der Waals surface area contributed by atoms with E-state index in [9.17, 15) is 14.0 Å². The Morgan fingerprint density at radius 3 is 2.61 bits per heavy atom. The van der Waals surface area contributed by atoms with Crippen LogP contribution in [0.25, 0.3) is 5.69 Å². The highest BCUT2D eigenvalue weighted by Gasteiger charge is 2.26. The van der Waals surface area contributed by atoms with Crippen LogP contribution in [0.15, 0.2) is 53.7 Å². The number of aryl methyl sites for hydroxylation is 1. The zero-order valence-electron chi connectivity index (χ0n) is 15.8. The van der Waals surface area contributed by atoms with Crippen LogP contribution < -0.4 is 5.56 Å². The molecule has 6 nitrogen and oxygen atoms in total. The van der Waals surface area contributed by atoms with Gasteiger partial charge in [-0.2, -0.15) is 5.10 Å². The van der Waals surface area contributed by atoms with E-state index in [-0.39, 0.29) is 17.3 Å². The number of pyridine rings is 1. The molecule has 0 spiro atoms. The van der Waals surface area contributed by atoms with E-state index in [0.29, 0.717) is 25.2 Å². The van der Waals surface area contributed by atoms with E-state index in [2.05, 4.69) is 5.10 Å². The Balaban J connectivity index is 1.60. The van der Waals surface area contributed by atoms with Crippen molar-refractivity contribution in [3.8, 4) is 5.69 Å². The third kappa shape index (κ3) is 3.35. The smallest absolute Gasteiger partial charge is 0.255 e. The molecule has 144 valence electrons. The fourth-order valence-corrected chi connectivity index (χ4v) is 3.54. The molecule has 3 aromatic rings. The van der Waals surface area contributed by atoms with Gasteiger partial charge >= 0.3 is 0 Å². The summed E-state index contributed by atoms with van der Waals surface area (Å²) in [7, 11) is 0. The van der Waals surface area contributed by atoms with Crippen LogP contribution in [0.5, 0.6) is 0 Å². The van der Waals surface area contributed by atoms with E-state index >= 15 is 0 Å². The van der Waals surface area contributed by atoms with Crippen LogP contribution in [0.2, 0.25) is 0 Å². The van der Waals surface area contributed by atoms with Crippen molar-refractivity contribution < 1.29 is 9.18 Å². The van der Waals surface area contributed by atoms with Crippen LogP contribution in [-0.2, 0) is 17.8 Å². The standard InChI is InChI=1S/C21H21FN4O2/c1-14-10-23-26(11-14)15(2)21(28)24-8-7-16-9-20(27)25(13-17(16)12-24)19-5-3-18(22)4-6-19/h3-6,9-11,13,15H,7-8,12H2,1-2H3. The molecule has 3 heterocycles. The minimum absolute atomic E-state index is 0.00622. The minimum Gasteiger partial charge on any atom is -0.336 e. The van der Waals surface area contributed by atoms with Gasteiger partial charge in [-0.25, -0.2) is 4.39 Å². The summed E-state index contributed by atoms with van der Waals surface area (Å²) in [5.41, 5.74) is 3.32. The zero-order chi connectivity index (χ0) is 19.8. The number of benzene rings is 1. The van der Waals surface area contributed by atoms with Crippen molar-refractivity contribution in [3.05, 3.63) is 81.8 Å². The third-order valence-electron chi connectivity index (χ3n) is 5.15. The largest absolute Gasteiger partial charge is 0.336 e. The molecule has 0 saturated carbocycles. The van der Waals surface area contributed by atoms with Gasteiger partial charge in [0.2, 0.25) is 5.91 Å². The second kappa shape index (κ2) is 7.07. The van der Waals surface area contributed by atoms with Gasteiger partial charge in [0.25, 0.3) is 5.56 Å². The lowest BCUT2D eigenvalue weighted by Gasteiger charge is -2.31. The summed E-state index contributed by atoms with van der Waals surface area (Å²) in [5.74, 6) is -0.359. The highest BCUT2D eigenvalue weighted by Crippen LogP contribution is 2.21. The van der Waals surface area contributed by atoms with E-state index < -0.39 is 6.04 Å². The minimum atomic E-state index is -0.391. The summed E-state index contributed by atoms with van der Waals surface area (Å²) in [4.78, 5) is 27.2. The molecule has 0 radical (unpaired) electrons. The molecule has 0 aliphatic carbocycles. The van der Waals surface area contributed by atoms with Gasteiger partial charge in [-0.3, -0.25) is 18.8 Å². The first-order chi connectivity index (χ1) is 13.4. The summed E-state index contributed by atoms with van der Waals surface area (Å²) in [5, 5.41) is 4.24. The Kier molecular flexibility index (Phi) is 4.58. The van der Waals surface area contributed by atoms with Crippen LogP contribution in [0.4, 0.5) is 4.39 Å². The van der Waals surface area contributed by atoms with E-state index in [1.54, 1.807) is 40.2 Å². The van der Waals surface area contributed by atoms with Crippen LogP contribution >= 0.6 is 0 Å². The maximum absolute atomic E-state index is 13.2. The van der Waals surface area contributed by atoms with Gasteiger partial charge in [-0.15, -0.1) is 0 Å². The quantitative estimate of drug-likeness (QED) is 0.702. The second-order valence-electron chi connectivity index (χ2n) is 7.19. The zero-order valence-corrected chi connectivity index (χ0v) is 15.8. The summed E-state index contributed by atoms with van der Waals surface area (Å²) in [6.45, 7) is 4.77. The van der Waals surface area contributed by atoms with E-state index in [1.807, 2.05) is 20.0 Å². The van der Waals surface area contributed by atoms with Crippen molar-refractivity contribution >= 4 is 5.91 Å². The lowest BCUT2D eigenvalue weighted by atomic mass is 10.0. The van der Waals surface area contributed by atoms with Gasteiger partial charge in [0, 0.05) is 37.2 Å². The topological polar surface area (TPSA) is 60.1 Å². The number of nitrogens with zero attached hydrogens (tertiary/aromatic N) is 4. The van der Waals surface area contributed by atoms with Gasteiger partial charge in [0.15, 0.2) is 0 Å². The monoisotopic (exact) mass is 380 g/mol. The molecule has 0 saturated heterocycles. The number of hydrogen-bond donors (Lipinski definition) is 0. The number of carbonyl (C=O) groups excluding carboxylic acids is 1. The molecular weight excluding hydrogens is 359 g/mol. The van der Waals surface area contributed by atoms with Crippen molar-refractivity contribution in [3.63, 3.8) is 0 Å². The number of carbonyl (C=O) groups is 1. The number of hydrogen-bond acceptors (Lipinski definition) is 3. The van der Waals surface area contributed by atoms with Crippen molar-refractivity contribution in [1.82, 2.24) is 19.2 Å². The molecule has 1 aromatic carbocycles. The van der Waals surface area contributed by atoms with Crippen LogP contribution in [0, 0.1) is 12.7 Å². The summed E-state index contributed by atoms with van der Waals surface area (Å²) in [6.07, 6.45) is 5.97. The van der Waals surface area contributed by atoms with Gasteiger partial charge in [0.1, 0.15) is 11.9 Å². The molecule has 0 N–H and O–H groups in total. The number of fused-ring (bicyclic) bond motifs is 1. The molecule has 7 heteroatoms. The number of aromatic nitrogens is 3. The fraction of sp³-hybridized carbons (Fsp3) is 0.286. The van der Waals surface area contributed by atoms with E-state index in [0.717, 1.165) is 16.7 Å². The molecule has 1 atom stereocenters. The highest BCUT2D eigenvalue weighted by molar-refractivity contribution is 5.80. The number of amides is 1. The summed E-state index contributed by atoms with van der Waals surface area (Å²) >= 11 is 0. The first-order valence-electron chi connectivity index (χ1n) is 9.22. The van der Waals surface area contributed by atoms with Crippen LogP contribution in [0.3, 0.4) is 0 Å². The third-order valence-corrected chi connectivity index (χ3v) is 5.15. The molecule has 1 aliphatic heterocycles. The molecule has 1 aliphatic rings.